The first-order valence-electron chi connectivity index (χ1n) is 6.07. The zero-order valence-electron chi connectivity index (χ0n) is 9.87. The van der Waals surface area contributed by atoms with Gasteiger partial charge in [-0.25, -0.2) is 0 Å². The van der Waals surface area contributed by atoms with Crippen LogP contribution in [0.15, 0.2) is 28.7 Å². The number of fused-ring (bicyclic) bond motifs is 1. The van der Waals surface area contributed by atoms with Crippen LogP contribution in [0.5, 0.6) is 0 Å². The molecule has 1 aliphatic rings. The van der Waals surface area contributed by atoms with Gasteiger partial charge >= 0.3 is 5.97 Å². The number of carboxylic acids is 1. The summed E-state index contributed by atoms with van der Waals surface area (Å²) in [5.74, 6) is -0.933. The average Bonchev–Trinajstić information content (AvgIpc) is 2.82. The Balaban J connectivity index is 1.78. The van der Waals surface area contributed by atoms with E-state index in [0.29, 0.717) is 31.9 Å². The minimum atomic E-state index is -0.702. The molecular formula is C13H14N2O3. The number of para-hydroxylation sites is 2. The SMILES string of the molecule is O=C(O)C1CCN(c2nc3ccccc3o2)CC1. The number of hydrogen-bond donors (Lipinski definition) is 1. The van der Waals surface area contributed by atoms with E-state index in [4.69, 9.17) is 9.52 Å². The Labute approximate surface area is 104 Å². The lowest BCUT2D eigenvalue weighted by atomic mass is 9.97. The van der Waals surface area contributed by atoms with Crippen LogP contribution in [-0.4, -0.2) is 29.1 Å². The van der Waals surface area contributed by atoms with Crippen molar-refractivity contribution in [2.45, 2.75) is 12.8 Å². The topological polar surface area (TPSA) is 66.6 Å². The molecule has 0 spiro atoms. The quantitative estimate of drug-likeness (QED) is 0.879. The smallest absolute Gasteiger partial charge is 0.306 e. The van der Waals surface area contributed by atoms with E-state index in [1.807, 2.05) is 29.2 Å². The standard InChI is InChI=1S/C13H14N2O3/c16-12(17)9-5-7-15(8-6-9)13-14-10-3-1-2-4-11(10)18-13/h1-4,9H,5-8H2,(H,16,17). The van der Waals surface area contributed by atoms with Crippen LogP contribution in [0.25, 0.3) is 11.1 Å². The van der Waals surface area contributed by atoms with Gasteiger partial charge in [0.05, 0.1) is 5.92 Å². The van der Waals surface area contributed by atoms with Crippen LogP contribution < -0.4 is 4.90 Å². The molecule has 1 aromatic heterocycles. The third-order valence-corrected chi connectivity index (χ3v) is 3.40. The molecule has 5 nitrogen and oxygen atoms in total. The number of rotatable bonds is 2. The number of anilines is 1. The Morgan fingerprint density at radius 2 is 2.06 bits per heavy atom. The number of piperidine rings is 1. The summed E-state index contributed by atoms with van der Waals surface area (Å²) in [6.07, 6.45) is 1.29. The van der Waals surface area contributed by atoms with Gasteiger partial charge in [-0.3, -0.25) is 4.79 Å². The monoisotopic (exact) mass is 246 g/mol. The molecule has 2 aromatic rings. The number of aliphatic carboxylic acids is 1. The molecule has 2 heterocycles. The minimum absolute atomic E-state index is 0.231. The van der Waals surface area contributed by atoms with Crippen molar-refractivity contribution in [2.75, 3.05) is 18.0 Å². The number of benzene rings is 1. The van der Waals surface area contributed by atoms with Crippen LogP contribution in [0.3, 0.4) is 0 Å². The fourth-order valence-electron chi connectivity index (χ4n) is 2.31. The van der Waals surface area contributed by atoms with Gasteiger partial charge in [0.15, 0.2) is 5.58 Å². The molecule has 1 aromatic carbocycles. The van der Waals surface area contributed by atoms with Crippen LogP contribution in [0.4, 0.5) is 6.01 Å². The highest BCUT2D eigenvalue weighted by Gasteiger charge is 2.26. The summed E-state index contributed by atoms with van der Waals surface area (Å²) in [6.45, 7) is 1.37. The summed E-state index contributed by atoms with van der Waals surface area (Å²) < 4.78 is 5.67. The van der Waals surface area contributed by atoms with Gasteiger partial charge in [0, 0.05) is 13.1 Å². The second-order valence-electron chi connectivity index (χ2n) is 4.56. The van der Waals surface area contributed by atoms with Gasteiger partial charge in [-0.2, -0.15) is 4.98 Å². The fraction of sp³-hybridized carbons (Fsp3) is 0.385. The summed E-state index contributed by atoms with van der Waals surface area (Å²) >= 11 is 0. The van der Waals surface area contributed by atoms with Gasteiger partial charge in [-0.05, 0) is 25.0 Å². The van der Waals surface area contributed by atoms with Crippen molar-refractivity contribution in [2.24, 2.45) is 5.92 Å². The minimum Gasteiger partial charge on any atom is -0.481 e. The van der Waals surface area contributed by atoms with Crippen LogP contribution in [0.1, 0.15) is 12.8 Å². The van der Waals surface area contributed by atoms with Gasteiger partial charge < -0.3 is 14.4 Å². The van der Waals surface area contributed by atoms with E-state index in [1.165, 1.54) is 0 Å². The van der Waals surface area contributed by atoms with E-state index in [2.05, 4.69) is 4.98 Å². The number of carbonyl (C=O) groups is 1. The lowest BCUT2D eigenvalue weighted by molar-refractivity contribution is -0.142. The Morgan fingerprint density at radius 1 is 1.33 bits per heavy atom. The Kier molecular flexibility index (Phi) is 2.66. The van der Waals surface area contributed by atoms with E-state index >= 15 is 0 Å². The number of nitrogens with zero attached hydrogens (tertiary/aromatic N) is 2. The van der Waals surface area contributed by atoms with Crippen molar-refractivity contribution in [1.82, 2.24) is 4.98 Å². The first-order chi connectivity index (χ1) is 8.74. The average molecular weight is 246 g/mol. The second kappa shape index (κ2) is 4.33. The number of hydrogen-bond acceptors (Lipinski definition) is 4. The van der Waals surface area contributed by atoms with Crippen molar-refractivity contribution in [3.8, 4) is 0 Å². The van der Waals surface area contributed by atoms with Gasteiger partial charge in [-0.15, -0.1) is 0 Å². The third kappa shape index (κ3) is 1.92. The van der Waals surface area contributed by atoms with Crippen LogP contribution >= 0.6 is 0 Å². The summed E-state index contributed by atoms with van der Waals surface area (Å²) in [4.78, 5) is 17.3. The van der Waals surface area contributed by atoms with Gasteiger partial charge in [0.25, 0.3) is 6.01 Å². The molecule has 94 valence electrons. The number of aromatic nitrogens is 1. The lowest BCUT2D eigenvalue weighted by Gasteiger charge is -2.28. The Hall–Kier alpha value is -2.04. The third-order valence-electron chi connectivity index (χ3n) is 3.40. The zero-order valence-corrected chi connectivity index (χ0v) is 9.87. The Bertz CT molecular complexity index is 537. The summed E-state index contributed by atoms with van der Waals surface area (Å²) in [5.41, 5.74) is 1.61. The van der Waals surface area contributed by atoms with E-state index in [1.54, 1.807) is 0 Å². The van der Waals surface area contributed by atoms with Crippen molar-refractivity contribution >= 4 is 23.1 Å². The predicted octanol–water partition coefficient (Wildman–Crippen LogP) is 2.13. The van der Waals surface area contributed by atoms with Gasteiger partial charge in [0.1, 0.15) is 5.52 Å². The first-order valence-corrected chi connectivity index (χ1v) is 6.07. The molecule has 0 radical (unpaired) electrons. The zero-order chi connectivity index (χ0) is 12.5. The van der Waals surface area contributed by atoms with E-state index in [9.17, 15) is 4.79 Å². The van der Waals surface area contributed by atoms with Crippen molar-refractivity contribution in [3.63, 3.8) is 0 Å². The van der Waals surface area contributed by atoms with Gasteiger partial charge in [-0.1, -0.05) is 12.1 Å². The number of carboxylic acid groups (broad SMARTS) is 1. The maximum absolute atomic E-state index is 10.9. The van der Waals surface area contributed by atoms with Crippen molar-refractivity contribution in [3.05, 3.63) is 24.3 Å². The largest absolute Gasteiger partial charge is 0.481 e. The maximum atomic E-state index is 10.9. The molecule has 1 aliphatic heterocycles. The lowest BCUT2D eigenvalue weighted by Crippen LogP contribution is -2.36. The molecule has 0 amide bonds. The molecule has 5 heteroatoms. The number of oxazole rings is 1. The van der Waals surface area contributed by atoms with E-state index < -0.39 is 5.97 Å². The molecule has 0 saturated carbocycles. The highest BCUT2D eigenvalue weighted by atomic mass is 16.4. The van der Waals surface area contributed by atoms with Crippen LogP contribution in [0.2, 0.25) is 0 Å². The normalized spacial score (nSPS) is 17.2. The predicted molar refractivity (Wildman–Crippen MR) is 66.6 cm³/mol. The molecule has 1 N–H and O–H groups in total. The molecule has 0 atom stereocenters. The molecule has 0 aliphatic carbocycles. The summed E-state index contributed by atoms with van der Waals surface area (Å²) in [6, 6.07) is 8.22. The molecule has 0 bridgehead atoms. The van der Waals surface area contributed by atoms with Crippen LogP contribution in [0, 0.1) is 5.92 Å². The van der Waals surface area contributed by atoms with Crippen molar-refractivity contribution in [1.29, 1.82) is 0 Å². The molecule has 0 unspecified atom stereocenters. The molecule has 1 saturated heterocycles. The van der Waals surface area contributed by atoms with Crippen molar-refractivity contribution < 1.29 is 14.3 Å². The highest BCUT2D eigenvalue weighted by molar-refractivity contribution is 5.74. The summed E-state index contributed by atoms with van der Waals surface area (Å²) in [7, 11) is 0. The Morgan fingerprint density at radius 3 is 2.72 bits per heavy atom. The van der Waals surface area contributed by atoms with E-state index in [0.717, 1.165) is 11.1 Å². The maximum Gasteiger partial charge on any atom is 0.306 e. The van der Waals surface area contributed by atoms with Crippen LogP contribution in [-0.2, 0) is 4.79 Å². The molecular weight excluding hydrogens is 232 g/mol. The molecule has 3 rings (SSSR count). The molecule has 1 fully saturated rings. The molecule has 18 heavy (non-hydrogen) atoms. The first kappa shape index (κ1) is 11.1. The highest BCUT2D eigenvalue weighted by Crippen LogP contribution is 2.26. The summed E-state index contributed by atoms with van der Waals surface area (Å²) in [5, 5.41) is 8.95. The van der Waals surface area contributed by atoms with E-state index in [-0.39, 0.29) is 5.92 Å². The van der Waals surface area contributed by atoms with Gasteiger partial charge in [0.2, 0.25) is 0 Å². The fourth-order valence-corrected chi connectivity index (χ4v) is 2.31. The second-order valence-corrected chi connectivity index (χ2v) is 4.56.